The van der Waals surface area contributed by atoms with Crippen molar-refractivity contribution in [2.45, 2.75) is 12.2 Å². The topological polar surface area (TPSA) is 114 Å². The Kier molecular flexibility index (Phi) is 3.00. The van der Waals surface area contributed by atoms with Crippen LogP contribution in [-0.2, 0) is 4.79 Å². The number of rotatable bonds is 4. The monoisotopic (exact) mass is 199 g/mol. The molecule has 6 heteroatoms. The average Bonchev–Trinajstić information content (AvgIpc) is 2.63. The van der Waals surface area contributed by atoms with Gasteiger partial charge in [-0.1, -0.05) is 0 Å². The highest BCUT2D eigenvalue weighted by Crippen LogP contribution is 2.18. The molecule has 0 saturated carbocycles. The highest BCUT2D eigenvalue weighted by Gasteiger charge is 2.26. The summed E-state index contributed by atoms with van der Waals surface area (Å²) in [5.74, 6) is -1.16. The Morgan fingerprint density at radius 3 is 2.57 bits per heavy atom. The summed E-state index contributed by atoms with van der Waals surface area (Å²) in [6.45, 7) is 0. The van der Waals surface area contributed by atoms with Gasteiger partial charge in [0, 0.05) is 0 Å². The van der Waals surface area contributed by atoms with Crippen LogP contribution in [0.15, 0.2) is 16.5 Å². The standard InChI is InChI=1S/C8H9NO5/c9-8(13)7(12)6(11)5-2-1-4(3-10)14-5/h1-3,6-7,11-12H,(H2,9,13). The third-order valence-electron chi connectivity index (χ3n) is 1.65. The lowest BCUT2D eigenvalue weighted by atomic mass is 10.1. The SMILES string of the molecule is NC(=O)C(O)C(O)c1ccc(C=O)o1. The van der Waals surface area contributed by atoms with E-state index in [1.54, 1.807) is 0 Å². The molecule has 2 atom stereocenters. The second-order valence-corrected chi connectivity index (χ2v) is 2.65. The van der Waals surface area contributed by atoms with Gasteiger partial charge in [-0.05, 0) is 12.1 Å². The second-order valence-electron chi connectivity index (χ2n) is 2.65. The molecule has 76 valence electrons. The minimum atomic E-state index is -1.75. The van der Waals surface area contributed by atoms with Gasteiger partial charge in [0.15, 0.2) is 18.2 Å². The van der Waals surface area contributed by atoms with Gasteiger partial charge >= 0.3 is 0 Å². The van der Waals surface area contributed by atoms with Gasteiger partial charge in [0.05, 0.1) is 0 Å². The van der Waals surface area contributed by atoms with Crippen LogP contribution in [0.1, 0.15) is 22.4 Å². The molecule has 0 aliphatic rings. The van der Waals surface area contributed by atoms with Crippen molar-refractivity contribution in [1.82, 2.24) is 0 Å². The third-order valence-corrected chi connectivity index (χ3v) is 1.65. The molecular formula is C8H9NO5. The first kappa shape index (κ1) is 10.4. The van der Waals surface area contributed by atoms with Crippen LogP contribution < -0.4 is 5.73 Å². The number of nitrogens with two attached hydrogens (primary N) is 1. The van der Waals surface area contributed by atoms with Crippen molar-refractivity contribution < 1.29 is 24.2 Å². The number of amides is 1. The van der Waals surface area contributed by atoms with Crippen molar-refractivity contribution in [3.05, 3.63) is 23.7 Å². The molecule has 1 rings (SSSR count). The molecule has 1 amide bonds. The zero-order chi connectivity index (χ0) is 10.7. The van der Waals surface area contributed by atoms with Crippen LogP contribution in [0.3, 0.4) is 0 Å². The number of carbonyl (C=O) groups is 2. The van der Waals surface area contributed by atoms with Crippen molar-refractivity contribution in [3.8, 4) is 0 Å². The van der Waals surface area contributed by atoms with Crippen molar-refractivity contribution in [3.63, 3.8) is 0 Å². The number of carbonyl (C=O) groups excluding carboxylic acids is 2. The van der Waals surface area contributed by atoms with E-state index in [0.29, 0.717) is 6.29 Å². The van der Waals surface area contributed by atoms with E-state index in [1.165, 1.54) is 12.1 Å². The Hall–Kier alpha value is -1.66. The molecule has 0 aliphatic carbocycles. The Balaban J connectivity index is 2.83. The molecule has 0 radical (unpaired) electrons. The summed E-state index contributed by atoms with van der Waals surface area (Å²) in [5, 5.41) is 18.4. The summed E-state index contributed by atoms with van der Waals surface area (Å²) >= 11 is 0. The van der Waals surface area contributed by atoms with Crippen LogP contribution in [0.5, 0.6) is 0 Å². The second kappa shape index (κ2) is 4.03. The van der Waals surface area contributed by atoms with E-state index in [2.05, 4.69) is 0 Å². The fourth-order valence-corrected chi connectivity index (χ4v) is 0.902. The maximum atomic E-state index is 10.5. The largest absolute Gasteiger partial charge is 0.455 e. The van der Waals surface area contributed by atoms with E-state index in [4.69, 9.17) is 15.3 Å². The molecule has 0 aliphatic heterocycles. The molecule has 0 saturated heterocycles. The van der Waals surface area contributed by atoms with Crippen molar-refractivity contribution in [1.29, 1.82) is 0 Å². The van der Waals surface area contributed by atoms with Crippen molar-refractivity contribution >= 4 is 12.2 Å². The van der Waals surface area contributed by atoms with Gasteiger partial charge < -0.3 is 20.4 Å². The molecular weight excluding hydrogens is 190 g/mol. The normalized spacial score (nSPS) is 14.7. The van der Waals surface area contributed by atoms with Gasteiger partial charge in [-0.15, -0.1) is 0 Å². The third kappa shape index (κ3) is 1.98. The molecule has 6 nitrogen and oxygen atoms in total. The highest BCUT2D eigenvalue weighted by molar-refractivity contribution is 5.79. The summed E-state index contributed by atoms with van der Waals surface area (Å²) in [7, 11) is 0. The Bertz CT molecular complexity index is 345. The summed E-state index contributed by atoms with van der Waals surface area (Å²) in [6, 6.07) is 2.58. The van der Waals surface area contributed by atoms with Gasteiger partial charge in [-0.2, -0.15) is 0 Å². The van der Waals surface area contributed by atoms with Crippen LogP contribution >= 0.6 is 0 Å². The average molecular weight is 199 g/mol. The highest BCUT2D eigenvalue weighted by atomic mass is 16.4. The Morgan fingerprint density at radius 1 is 1.50 bits per heavy atom. The number of aliphatic hydroxyl groups is 2. The zero-order valence-corrected chi connectivity index (χ0v) is 7.08. The van der Waals surface area contributed by atoms with Gasteiger partial charge in [-0.25, -0.2) is 0 Å². The van der Waals surface area contributed by atoms with E-state index >= 15 is 0 Å². The van der Waals surface area contributed by atoms with E-state index < -0.39 is 18.1 Å². The number of primary amides is 1. The van der Waals surface area contributed by atoms with Crippen LogP contribution in [-0.4, -0.2) is 28.5 Å². The molecule has 1 heterocycles. The summed E-state index contributed by atoms with van der Waals surface area (Å²) in [5.41, 5.74) is 4.75. The fourth-order valence-electron chi connectivity index (χ4n) is 0.902. The number of aldehydes is 1. The van der Waals surface area contributed by atoms with Gasteiger partial charge in [0.1, 0.15) is 11.9 Å². The minimum Gasteiger partial charge on any atom is -0.455 e. The van der Waals surface area contributed by atoms with Crippen LogP contribution in [0.25, 0.3) is 0 Å². The Morgan fingerprint density at radius 2 is 2.14 bits per heavy atom. The van der Waals surface area contributed by atoms with Crippen LogP contribution in [0, 0.1) is 0 Å². The van der Waals surface area contributed by atoms with E-state index in [1.807, 2.05) is 0 Å². The predicted octanol–water partition coefficient (Wildman–Crippen LogP) is -1.03. The number of hydrogen-bond donors (Lipinski definition) is 3. The minimum absolute atomic E-state index is 0.00396. The molecule has 0 fully saturated rings. The molecule has 0 bridgehead atoms. The first-order valence-electron chi connectivity index (χ1n) is 3.76. The Labute approximate surface area is 78.9 Å². The lowest BCUT2D eigenvalue weighted by Gasteiger charge is -2.11. The zero-order valence-electron chi connectivity index (χ0n) is 7.08. The maximum Gasteiger partial charge on any atom is 0.249 e. The molecule has 14 heavy (non-hydrogen) atoms. The van der Waals surface area contributed by atoms with Gasteiger partial charge in [-0.3, -0.25) is 9.59 Å². The molecule has 0 spiro atoms. The number of furan rings is 1. The lowest BCUT2D eigenvalue weighted by Crippen LogP contribution is -2.33. The first-order valence-corrected chi connectivity index (χ1v) is 3.76. The van der Waals surface area contributed by atoms with Gasteiger partial charge in [0.25, 0.3) is 0 Å². The molecule has 0 aromatic carbocycles. The predicted molar refractivity (Wildman–Crippen MR) is 44.3 cm³/mol. The maximum absolute atomic E-state index is 10.5. The fraction of sp³-hybridized carbons (Fsp3) is 0.250. The van der Waals surface area contributed by atoms with E-state index in [9.17, 15) is 14.7 Å². The van der Waals surface area contributed by atoms with E-state index in [-0.39, 0.29) is 11.5 Å². The van der Waals surface area contributed by atoms with Crippen LogP contribution in [0.2, 0.25) is 0 Å². The first-order chi connectivity index (χ1) is 6.56. The smallest absolute Gasteiger partial charge is 0.249 e. The number of aliphatic hydroxyl groups excluding tert-OH is 2. The molecule has 1 aromatic heterocycles. The van der Waals surface area contributed by atoms with Gasteiger partial charge in [0.2, 0.25) is 5.91 Å². The summed E-state index contributed by atoms with van der Waals surface area (Å²) in [4.78, 5) is 20.7. The summed E-state index contributed by atoms with van der Waals surface area (Å²) in [6.07, 6.45) is -2.87. The lowest BCUT2D eigenvalue weighted by molar-refractivity contribution is -0.132. The summed E-state index contributed by atoms with van der Waals surface area (Å²) < 4.78 is 4.78. The van der Waals surface area contributed by atoms with Crippen molar-refractivity contribution in [2.75, 3.05) is 0 Å². The van der Waals surface area contributed by atoms with Crippen molar-refractivity contribution in [2.24, 2.45) is 5.73 Å². The molecule has 2 unspecified atom stereocenters. The number of hydrogen-bond acceptors (Lipinski definition) is 5. The molecule has 1 aromatic rings. The quantitative estimate of drug-likeness (QED) is 0.536. The van der Waals surface area contributed by atoms with Crippen LogP contribution in [0.4, 0.5) is 0 Å². The molecule has 4 N–H and O–H groups in total. The van der Waals surface area contributed by atoms with E-state index in [0.717, 1.165) is 0 Å².